The van der Waals surface area contributed by atoms with Crippen molar-refractivity contribution in [3.8, 4) is 5.75 Å². The Labute approximate surface area is 140 Å². The van der Waals surface area contributed by atoms with Crippen LogP contribution < -0.4 is 10.1 Å². The lowest BCUT2D eigenvalue weighted by molar-refractivity contribution is -0.127. The predicted molar refractivity (Wildman–Crippen MR) is 87.5 cm³/mol. The Balaban J connectivity index is 1.59. The molecule has 0 aliphatic rings. The molecule has 1 unspecified atom stereocenters. The highest BCUT2D eigenvalue weighted by molar-refractivity contribution is 6.32. The van der Waals surface area contributed by atoms with Gasteiger partial charge in [-0.3, -0.25) is 4.79 Å². The lowest BCUT2D eigenvalue weighted by atomic mass is 10.3. The fourth-order valence-corrected chi connectivity index (χ4v) is 2.06. The molecule has 1 heterocycles. The summed E-state index contributed by atoms with van der Waals surface area (Å²) in [6.07, 6.45) is 1.71. The normalized spacial score (nSPS) is 11.9. The summed E-state index contributed by atoms with van der Waals surface area (Å²) in [6.45, 7) is 3.19. The molecule has 1 amide bonds. The number of amides is 1. The first-order valence-corrected chi connectivity index (χ1v) is 7.83. The summed E-state index contributed by atoms with van der Waals surface area (Å²) in [6, 6.07) is 10.7. The molecule has 1 aromatic carbocycles. The first kappa shape index (κ1) is 17.4. The minimum Gasteiger partial charge on any atom is -0.479 e. The topological polar surface area (TPSA) is 60.7 Å². The molecule has 124 valence electrons. The third-order valence-corrected chi connectivity index (χ3v) is 3.41. The van der Waals surface area contributed by atoms with Crippen molar-refractivity contribution >= 4 is 17.5 Å². The molecule has 0 saturated heterocycles. The summed E-state index contributed by atoms with van der Waals surface area (Å²) in [7, 11) is 0. The third-order valence-electron chi connectivity index (χ3n) is 3.10. The number of halogens is 1. The Bertz CT molecular complexity index is 600. The molecule has 0 aliphatic carbocycles. The van der Waals surface area contributed by atoms with Gasteiger partial charge in [-0.2, -0.15) is 0 Å². The van der Waals surface area contributed by atoms with Crippen LogP contribution in [0, 0.1) is 0 Å². The van der Waals surface area contributed by atoms with Gasteiger partial charge < -0.3 is 19.2 Å². The summed E-state index contributed by atoms with van der Waals surface area (Å²) in [5.74, 6) is 1.10. The highest BCUT2D eigenvalue weighted by Crippen LogP contribution is 2.24. The van der Waals surface area contributed by atoms with Crippen LogP contribution in [0.15, 0.2) is 47.1 Å². The van der Waals surface area contributed by atoms with Gasteiger partial charge in [0.05, 0.1) is 11.3 Å². The van der Waals surface area contributed by atoms with E-state index in [1.54, 1.807) is 25.3 Å². The van der Waals surface area contributed by atoms with Gasteiger partial charge in [0, 0.05) is 13.2 Å². The van der Waals surface area contributed by atoms with E-state index in [4.69, 9.17) is 25.5 Å². The maximum absolute atomic E-state index is 11.9. The van der Waals surface area contributed by atoms with Crippen molar-refractivity contribution < 1.29 is 18.7 Å². The SMILES string of the molecule is CC(Oc1ccccc1Cl)C(=O)NCCCOCc1ccco1. The maximum Gasteiger partial charge on any atom is 0.260 e. The Morgan fingerprint density at radius 1 is 1.30 bits per heavy atom. The van der Waals surface area contributed by atoms with Crippen LogP contribution in [0.5, 0.6) is 5.75 Å². The Morgan fingerprint density at radius 3 is 2.87 bits per heavy atom. The van der Waals surface area contributed by atoms with Crippen LogP contribution in [0.25, 0.3) is 0 Å². The zero-order chi connectivity index (χ0) is 16.5. The van der Waals surface area contributed by atoms with Gasteiger partial charge in [0.1, 0.15) is 18.1 Å². The molecule has 23 heavy (non-hydrogen) atoms. The molecule has 0 radical (unpaired) electrons. The molecule has 0 spiro atoms. The number of furan rings is 1. The largest absolute Gasteiger partial charge is 0.479 e. The number of para-hydroxylation sites is 1. The van der Waals surface area contributed by atoms with E-state index in [1.165, 1.54) is 0 Å². The lowest BCUT2D eigenvalue weighted by Gasteiger charge is -2.15. The van der Waals surface area contributed by atoms with E-state index in [2.05, 4.69) is 5.32 Å². The number of carbonyl (C=O) groups excluding carboxylic acids is 1. The minimum absolute atomic E-state index is 0.184. The molecular formula is C17H20ClNO4. The number of benzene rings is 1. The van der Waals surface area contributed by atoms with Crippen LogP contribution in [0.3, 0.4) is 0 Å². The van der Waals surface area contributed by atoms with Crippen LogP contribution in [-0.4, -0.2) is 25.2 Å². The zero-order valence-corrected chi connectivity index (χ0v) is 13.7. The molecule has 2 aromatic rings. The van der Waals surface area contributed by atoms with Crippen molar-refractivity contribution in [2.45, 2.75) is 26.1 Å². The second-order valence-corrected chi connectivity index (χ2v) is 5.37. The monoisotopic (exact) mass is 337 g/mol. The third kappa shape index (κ3) is 5.96. The number of hydrogen-bond donors (Lipinski definition) is 1. The van der Waals surface area contributed by atoms with Crippen LogP contribution in [0.4, 0.5) is 0 Å². The van der Waals surface area contributed by atoms with Crippen molar-refractivity contribution in [1.82, 2.24) is 5.32 Å². The quantitative estimate of drug-likeness (QED) is 0.712. The second-order valence-electron chi connectivity index (χ2n) is 4.97. The van der Waals surface area contributed by atoms with E-state index in [1.807, 2.05) is 24.3 Å². The predicted octanol–water partition coefficient (Wildman–Crippen LogP) is 3.42. The highest BCUT2D eigenvalue weighted by Gasteiger charge is 2.15. The van der Waals surface area contributed by atoms with E-state index < -0.39 is 6.10 Å². The molecule has 1 aromatic heterocycles. The second kappa shape index (κ2) is 9.22. The van der Waals surface area contributed by atoms with E-state index >= 15 is 0 Å². The molecule has 1 atom stereocenters. The Morgan fingerprint density at radius 2 is 2.13 bits per heavy atom. The zero-order valence-electron chi connectivity index (χ0n) is 13.0. The van der Waals surface area contributed by atoms with Crippen molar-refractivity contribution in [2.75, 3.05) is 13.2 Å². The van der Waals surface area contributed by atoms with Gasteiger partial charge >= 0.3 is 0 Å². The van der Waals surface area contributed by atoms with E-state index in [-0.39, 0.29) is 5.91 Å². The van der Waals surface area contributed by atoms with Gasteiger partial charge in [0.2, 0.25) is 0 Å². The molecule has 0 saturated carbocycles. The van der Waals surface area contributed by atoms with E-state index in [9.17, 15) is 4.79 Å². The number of carbonyl (C=O) groups is 1. The lowest BCUT2D eigenvalue weighted by Crippen LogP contribution is -2.37. The van der Waals surface area contributed by atoms with Crippen molar-refractivity contribution in [1.29, 1.82) is 0 Å². The standard InChI is InChI=1S/C17H20ClNO4/c1-13(23-16-8-3-2-7-15(16)18)17(20)19-9-5-10-21-12-14-6-4-11-22-14/h2-4,6-8,11,13H,5,9-10,12H2,1H3,(H,19,20). The van der Waals surface area contributed by atoms with Gasteiger partial charge in [-0.15, -0.1) is 0 Å². The van der Waals surface area contributed by atoms with E-state index in [0.29, 0.717) is 37.0 Å². The molecular weight excluding hydrogens is 318 g/mol. The Hall–Kier alpha value is -1.98. The summed E-state index contributed by atoms with van der Waals surface area (Å²) in [5, 5.41) is 3.29. The fraction of sp³-hybridized carbons (Fsp3) is 0.353. The smallest absolute Gasteiger partial charge is 0.260 e. The number of nitrogens with one attached hydrogen (secondary N) is 1. The van der Waals surface area contributed by atoms with Crippen molar-refractivity contribution in [2.24, 2.45) is 0 Å². The average Bonchev–Trinajstić information content (AvgIpc) is 3.06. The Kier molecular flexibility index (Phi) is 6.97. The summed E-state index contributed by atoms with van der Waals surface area (Å²) >= 11 is 6.00. The van der Waals surface area contributed by atoms with Crippen molar-refractivity contribution in [3.05, 3.63) is 53.4 Å². The van der Waals surface area contributed by atoms with E-state index in [0.717, 1.165) is 5.76 Å². The molecule has 0 aliphatic heterocycles. The van der Waals surface area contributed by atoms with Gasteiger partial charge in [0.15, 0.2) is 6.10 Å². The molecule has 6 heteroatoms. The number of hydrogen-bond acceptors (Lipinski definition) is 4. The highest BCUT2D eigenvalue weighted by atomic mass is 35.5. The summed E-state index contributed by atoms with van der Waals surface area (Å²) in [5.41, 5.74) is 0. The molecule has 1 N–H and O–H groups in total. The molecule has 2 rings (SSSR count). The van der Waals surface area contributed by atoms with Crippen LogP contribution in [-0.2, 0) is 16.1 Å². The minimum atomic E-state index is -0.612. The van der Waals surface area contributed by atoms with Crippen LogP contribution >= 0.6 is 11.6 Å². The first-order valence-electron chi connectivity index (χ1n) is 7.46. The fourth-order valence-electron chi connectivity index (χ4n) is 1.88. The summed E-state index contributed by atoms with van der Waals surface area (Å²) in [4.78, 5) is 11.9. The van der Waals surface area contributed by atoms with Gasteiger partial charge in [-0.1, -0.05) is 23.7 Å². The summed E-state index contributed by atoms with van der Waals surface area (Å²) < 4.78 is 16.1. The molecule has 0 bridgehead atoms. The number of rotatable bonds is 9. The average molecular weight is 338 g/mol. The van der Waals surface area contributed by atoms with Crippen molar-refractivity contribution in [3.63, 3.8) is 0 Å². The van der Waals surface area contributed by atoms with Gasteiger partial charge in [0.25, 0.3) is 5.91 Å². The first-order chi connectivity index (χ1) is 11.2. The number of ether oxygens (including phenoxy) is 2. The van der Waals surface area contributed by atoms with Gasteiger partial charge in [-0.25, -0.2) is 0 Å². The van der Waals surface area contributed by atoms with Crippen LogP contribution in [0.1, 0.15) is 19.1 Å². The molecule has 0 fully saturated rings. The molecule has 5 nitrogen and oxygen atoms in total. The van der Waals surface area contributed by atoms with Crippen LogP contribution in [0.2, 0.25) is 5.02 Å². The van der Waals surface area contributed by atoms with Gasteiger partial charge in [-0.05, 0) is 37.6 Å². The maximum atomic E-state index is 11.9.